The lowest BCUT2D eigenvalue weighted by molar-refractivity contribution is 0.0943. The summed E-state index contributed by atoms with van der Waals surface area (Å²) in [5, 5.41) is 2.65. The Morgan fingerprint density at radius 1 is 1.22 bits per heavy atom. The molecule has 2 rings (SSSR count). The zero-order valence-electron chi connectivity index (χ0n) is 10.4. The van der Waals surface area contributed by atoms with Crippen molar-refractivity contribution in [3.8, 4) is 0 Å². The van der Waals surface area contributed by atoms with Gasteiger partial charge in [0, 0.05) is 6.20 Å². The lowest BCUT2D eigenvalue weighted by Gasteiger charge is -2.01. The highest BCUT2D eigenvalue weighted by Gasteiger charge is 2.04. The van der Waals surface area contributed by atoms with Gasteiger partial charge >= 0.3 is 0 Å². The number of amides is 1. The maximum atomic E-state index is 11.6. The van der Waals surface area contributed by atoms with Gasteiger partial charge < -0.3 is 9.73 Å². The van der Waals surface area contributed by atoms with Gasteiger partial charge in [-0.1, -0.05) is 18.2 Å². The SMILES string of the molecule is Cc1ccc(/C=C/NC(=O)c2ccco2)cc1C. The summed E-state index contributed by atoms with van der Waals surface area (Å²) < 4.78 is 4.99. The molecule has 1 aromatic heterocycles. The summed E-state index contributed by atoms with van der Waals surface area (Å²) in [6.07, 6.45) is 4.95. The fourth-order valence-corrected chi connectivity index (χ4v) is 1.56. The molecular formula is C15H15NO2. The van der Waals surface area contributed by atoms with Crippen molar-refractivity contribution in [1.29, 1.82) is 0 Å². The molecule has 0 atom stereocenters. The maximum absolute atomic E-state index is 11.6. The Morgan fingerprint density at radius 2 is 2.06 bits per heavy atom. The molecule has 0 aliphatic carbocycles. The average Bonchev–Trinajstić information content (AvgIpc) is 2.87. The molecule has 1 amide bonds. The second-order valence-electron chi connectivity index (χ2n) is 4.13. The van der Waals surface area contributed by atoms with Gasteiger partial charge in [-0.3, -0.25) is 4.79 Å². The largest absolute Gasteiger partial charge is 0.459 e. The molecule has 1 aromatic carbocycles. The highest BCUT2D eigenvalue weighted by molar-refractivity contribution is 5.92. The summed E-state index contributed by atoms with van der Waals surface area (Å²) in [7, 11) is 0. The number of aryl methyl sites for hydroxylation is 2. The number of benzene rings is 1. The Morgan fingerprint density at radius 3 is 2.72 bits per heavy atom. The van der Waals surface area contributed by atoms with E-state index in [0.29, 0.717) is 5.76 Å². The molecule has 3 nitrogen and oxygen atoms in total. The van der Waals surface area contributed by atoms with Gasteiger partial charge in [-0.2, -0.15) is 0 Å². The van der Waals surface area contributed by atoms with Gasteiger partial charge in [-0.05, 0) is 48.7 Å². The van der Waals surface area contributed by atoms with Crippen LogP contribution in [0.15, 0.2) is 47.2 Å². The lowest BCUT2D eigenvalue weighted by atomic mass is 10.1. The maximum Gasteiger partial charge on any atom is 0.290 e. The van der Waals surface area contributed by atoms with E-state index in [0.717, 1.165) is 5.56 Å². The Bertz CT molecular complexity index is 568. The first-order valence-corrected chi connectivity index (χ1v) is 5.75. The van der Waals surface area contributed by atoms with E-state index in [1.165, 1.54) is 17.4 Å². The first kappa shape index (κ1) is 12.2. The molecule has 0 saturated carbocycles. The highest BCUT2D eigenvalue weighted by atomic mass is 16.3. The third-order valence-corrected chi connectivity index (χ3v) is 2.77. The van der Waals surface area contributed by atoms with Crippen LogP contribution in [0.2, 0.25) is 0 Å². The monoisotopic (exact) mass is 241 g/mol. The van der Waals surface area contributed by atoms with Crippen molar-refractivity contribution in [3.05, 3.63) is 65.2 Å². The van der Waals surface area contributed by atoms with Gasteiger partial charge in [-0.15, -0.1) is 0 Å². The van der Waals surface area contributed by atoms with Crippen LogP contribution in [0.5, 0.6) is 0 Å². The van der Waals surface area contributed by atoms with Gasteiger partial charge in [0.05, 0.1) is 6.26 Å². The van der Waals surface area contributed by atoms with Crippen molar-refractivity contribution in [3.63, 3.8) is 0 Å². The normalized spacial score (nSPS) is 10.8. The molecule has 18 heavy (non-hydrogen) atoms. The molecule has 92 valence electrons. The van der Waals surface area contributed by atoms with Crippen LogP contribution in [0.1, 0.15) is 27.2 Å². The lowest BCUT2D eigenvalue weighted by Crippen LogP contribution is -2.15. The quantitative estimate of drug-likeness (QED) is 0.895. The van der Waals surface area contributed by atoms with Crippen molar-refractivity contribution in [2.24, 2.45) is 0 Å². The minimum absolute atomic E-state index is 0.250. The molecule has 0 radical (unpaired) electrons. The van der Waals surface area contributed by atoms with E-state index >= 15 is 0 Å². The summed E-state index contributed by atoms with van der Waals surface area (Å²) >= 11 is 0. The van der Waals surface area contributed by atoms with Crippen LogP contribution in [-0.4, -0.2) is 5.91 Å². The summed E-state index contributed by atoms with van der Waals surface area (Å²) in [4.78, 5) is 11.6. The second kappa shape index (κ2) is 5.36. The fourth-order valence-electron chi connectivity index (χ4n) is 1.56. The van der Waals surface area contributed by atoms with Crippen LogP contribution in [0, 0.1) is 13.8 Å². The van der Waals surface area contributed by atoms with E-state index in [-0.39, 0.29) is 5.91 Å². The van der Waals surface area contributed by atoms with E-state index in [1.54, 1.807) is 18.3 Å². The van der Waals surface area contributed by atoms with Crippen LogP contribution in [-0.2, 0) is 0 Å². The molecule has 1 N–H and O–H groups in total. The Labute approximate surface area is 106 Å². The van der Waals surface area contributed by atoms with E-state index in [4.69, 9.17) is 4.42 Å². The van der Waals surface area contributed by atoms with E-state index in [1.807, 2.05) is 12.1 Å². The van der Waals surface area contributed by atoms with Gasteiger partial charge in [0.2, 0.25) is 0 Å². The first-order valence-electron chi connectivity index (χ1n) is 5.75. The van der Waals surface area contributed by atoms with Gasteiger partial charge in [-0.25, -0.2) is 0 Å². The predicted molar refractivity (Wildman–Crippen MR) is 71.1 cm³/mol. The van der Waals surface area contributed by atoms with Gasteiger partial charge in [0.15, 0.2) is 5.76 Å². The van der Waals surface area contributed by atoms with Crippen LogP contribution in [0.25, 0.3) is 6.08 Å². The molecule has 0 unspecified atom stereocenters. The summed E-state index contributed by atoms with van der Waals surface area (Å²) in [5.74, 6) is 0.0554. The van der Waals surface area contributed by atoms with Crippen LogP contribution in [0.3, 0.4) is 0 Å². The minimum Gasteiger partial charge on any atom is -0.459 e. The fraction of sp³-hybridized carbons (Fsp3) is 0.133. The smallest absolute Gasteiger partial charge is 0.290 e. The zero-order chi connectivity index (χ0) is 13.0. The summed E-state index contributed by atoms with van der Waals surface area (Å²) in [6, 6.07) is 9.45. The number of furan rings is 1. The second-order valence-corrected chi connectivity index (χ2v) is 4.13. The topological polar surface area (TPSA) is 42.2 Å². The summed E-state index contributed by atoms with van der Waals surface area (Å²) in [5.41, 5.74) is 3.54. The number of rotatable bonds is 3. The molecule has 0 bridgehead atoms. The van der Waals surface area contributed by atoms with E-state index < -0.39 is 0 Å². The first-order chi connectivity index (χ1) is 8.66. The Balaban J connectivity index is 1.99. The molecule has 0 fully saturated rings. The molecule has 1 heterocycles. The number of carbonyl (C=O) groups excluding carboxylic acids is 1. The third-order valence-electron chi connectivity index (χ3n) is 2.77. The zero-order valence-corrected chi connectivity index (χ0v) is 10.4. The van der Waals surface area contributed by atoms with Gasteiger partial charge in [0.1, 0.15) is 0 Å². The Hall–Kier alpha value is -2.29. The van der Waals surface area contributed by atoms with Crippen molar-refractivity contribution in [1.82, 2.24) is 5.32 Å². The molecule has 0 aliphatic rings. The van der Waals surface area contributed by atoms with Crippen LogP contribution >= 0.6 is 0 Å². The van der Waals surface area contributed by atoms with Crippen LogP contribution in [0.4, 0.5) is 0 Å². The van der Waals surface area contributed by atoms with Crippen molar-refractivity contribution >= 4 is 12.0 Å². The Kier molecular flexibility index (Phi) is 3.63. The minimum atomic E-state index is -0.250. The molecule has 2 aromatic rings. The van der Waals surface area contributed by atoms with E-state index in [2.05, 4.69) is 31.3 Å². The molecule has 0 spiro atoms. The van der Waals surface area contributed by atoms with Gasteiger partial charge in [0.25, 0.3) is 5.91 Å². The molecule has 0 aliphatic heterocycles. The number of carbonyl (C=O) groups is 1. The number of hydrogen-bond donors (Lipinski definition) is 1. The van der Waals surface area contributed by atoms with Crippen molar-refractivity contribution in [2.75, 3.05) is 0 Å². The van der Waals surface area contributed by atoms with Crippen molar-refractivity contribution in [2.45, 2.75) is 13.8 Å². The summed E-state index contributed by atoms with van der Waals surface area (Å²) in [6.45, 7) is 4.13. The highest BCUT2D eigenvalue weighted by Crippen LogP contribution is 2.10. The number of hydrogen-bond acceptors (Lipinski definition) is 2. The standard InChI is InChI=1S/C15H15NO2/c1-11-5-6-13(10-12(11)2)7-8-16-15(17)14-4-3-9-18-14/h3-10H,1-2H3,(H,16,17)/b8-7+. The molecular weight excluding hydrogens is 226 g/mol. The average molecular weight is 241 g/mol. The van der Waals surface area contributed by atoms with Crippen LogP contribution < -0.4 is 5.32 Å². The third kappa shape index (κ3) is 2.88. The van der Waals surface area contributed by atoms with Crippen molar-refractivity contribution < 1.29 is 9.21 Å². The molecule has 3 heteroatoms. The predicted octanol–water partition coefficient (Wildman–Crippen LogP) is 3.30. The number of nitrogens with one attached hydrogen (secondary N) is 1. The van der Waals surface area contributed by atoms with E-state index in [9.17, 15) is 4.79 Å². The molecule has 0 saturated heterocycles.